The molecule has 16 heavy (non-hydrogen) atoms. The quantitative estimate of drug-likeness (QED) is 0.787. The number of rotatable bonds is 2. The second-order valence-corrected chi connectivity index (χ2v) is 4.21. The third-order valence-corrected chi connectivity index (χ3v) is 2.90. The summed E-state index contributed by atoms with van der Waals surface area (Å²) in [5.41, 5.74) is 2.84. The molecule has 2 rings (SSSR count). The summed E-state index contributed by atoms with van der Waals surface area (Å²) in [5.74, 6) is 0. The predicted octanol–water partition coefficient (Wildman–Crippen LogP) is 3.31. The molecule has 0 atom stereocenters. The smallest absolute Gasteiger partial charge is 0.123 e. The Kier molecular flexibility index (Phi) is 3.33. The average Bonchev–Trinajstić information content (AvgIpc) is 2.33. The van der Waals surface area contributed by atoms with Gasteiger partial charge in [0.2, 0.25) is 0 Å². The first-order chi connectivity index (χ1) is 7.79. The van der Waals surface area contributed by atoms with Gasteiger partial charge in [-0.05, 0) is 39.5 Å². The molecule has 0 aliphatic heterocycles. The first kappa shape index (κ1) is 10.8. The molecule has 1 aromatic heterocycles. The van der Waals surface area contributed by atoms with E-state index in [1.807, 2.05) is 24.3 Å². The van der Waals surface area contributed by atoms with Gasteiger partial charge in [-0.1, -0.05) is 30.3 Å². The van der Waals surface area contributed by atoms with Gasteiger partial charge in [0.15, 0.2) is 0 Å². The van der Waals surface area contributed by atoms with Crippen LogP contribution >= 0.6 is 15.9 Å². The van der Waals surface area contributed by atoms with Crippen molar-refractivity contribution in [2.75, 3.05) is 0 Å². The largest absolute Gasteiger partial charge is 0.248 e. The molecule has 1 heterocycles. The van der Waals surface area contributed by atoms with E-state index in [1.165, 1.54) is 5.56 Å². The molecule has 3 heteroatoms. The summed E-state index contributed by atoms with van der Waals surface area (Å²) >= 11 is 3.24. The van der Waals surface area contributed by atoms with Crippen molar-refractivity contribution in [1.82, 2.24) is 4.98 Å². The van der Waals surface area contributed by atoms with E-state index in [0.29, 0.717) is 10.2 Å². The molecule has 1 aromatic carbocycles. The molecule has 2 nitrogen and oxygen atoms in total. The second-order valence-electron chi connectivity index (χ2n) is 3.46. The fourth-order valence-corrected chi connectivity index (χ4v) is 1.80. The van der Waals surface area contributed by atoms with Crippen LogP contribution in [0.2, 0.25) is 0 Å². The monoisotopic (exact) mass is 272 g/mol. The lowest BCUT2D eigenvalue weighted by Crippen LogP contribution is -1.92. The maximum Gasteiger partial charge on any atom is 0.123 e. The molecule has 78 valence electrons. The Labute approximate surface area is 103 Å². The summed E-state index contributed by atoms with van der Waals surface area (Å²) in [4.78, 5) is 4.14. The molecule has 0 spiro atoms. The minimum absolute atomic E-state index is 0.577. The number of hydrogen-bond acceptors (Lipinski definition) is 2. The van der Waals surface area contributed by atoms with Crippen LogP contribution in [0.25, 0.3) is 0 Å². The van der Waals surface area contributed by atoms with Gasteiger partial charge in [-0.25, -0.2) is 4.98 Å². The maximum atomic E-state index is 8.89. The maximum absolute atomic E-state index is 8.89. The van der Waals surface area contributed by atoms with Crippen LogP contribution in [0.1, 0.15) is 16.7 Å². The first-order valence-electron chi connectivity index (χ1n) is 4.88. The summed E-state index contributed by atoms with van der Waals surface area (Å²) < 4.78 is 0.604. The van der Waals surface area contributed by atoms with Gasteiger partial charge in [0.05, 0.1) is 5.56 Å². The zero-order valence-electron chi connectivity index (χ0n) is 8.52. The fourth-order valence-electron chi connectivity index (χ4n) is 1.50. The highest BCUT2D eigenvalue weighted by Gasteiger charge is 2.02. The van der Waals surface area contributed by atoms with Gasteiger partial charge >= 0.3 is 0 Å². The summed E-state index contributed by atoms with van der Waals surface area (Å²) in [6.45, 7) is 0. The first-order valence-corrected chi connectivity index (χ1v) is 5.67. The van der Waals surface area contributed by atoms with Crippen molar-refractivity contribution in [2.24, 2.45) is 0 Å². The summed E-state index contributed by atoms with van der Waals surface area (Å²) in [5, 5.41) is 8.89. The Balaban J connectivity index is 2.27. The van der Waals surface area contributed by atoms with Crippen LogP contribution in [0.4, 0.5) is 0 Å². The minimum atomic E-state index is 0.577. The average molecular weight is 273 g/mol. The van der Waals surface area contributed by atoms with E-state index >= 15 is 0 Å². The third-order valence-electron chi connectivity index (χ3n) is 2.27. The standard InChI is InChI=1S/C13H9BrN2/c14-13-12(8-15)7-11(9-16-13)6-10-4-2-1-3-5-10/h1-5,7,9H,6H2. The highest BCUT2D eigenvalue weighted by molar-refractivity contribution is 9.10. The molecule has 2 aromatic rings. The molecule has 0 radical (unpaired) electrons. The molecule has 0 saturated carbocycles. The van der Waals surface area contributed by atoms with E-state index in [-0.39, 0.29) is 0 Å². The number of halogens is 1. The lowest BCUT2D eigenvalue weighted by molar-refractivity contribution is 1.12. The molecule has 0 aliphatic rings. The fraction of sp³-hybridized carbons (Fsp3) is 0.0769. The van der Waals surface area contributed by atoms with Gasteiger partial charge in [0.1, 0.15) is 10.7 Å². The normalized spacial score (nSPS) is 9.75. The Morgan fingerprint density at radius 3 is 2.62 bits per heavy atom. The van der Waals surface area contributed by atoms with Gasteiger partial charge in [-0.15, -0.1) is 0 Å². The third kappa shape index (κ3) is 2.47. The molecule has 0 N–H and O–H groups in total. The molecule has 0 aliphatic carbocycles. The van der Waals surface area contributed by atoms with Crippen molar-refractivity contribution in [3.05, 3.63) is 63.9 Å². The van der Waals surface area contributed by atoms with Crippen molar-refractivity contribution in [2.45, 2.75) is 6.42 Å². The Hall–Kier alpha value is -1.66. The van der Waals surface area contributed by atoms with Gasteiger partial charge in [-0.2, -0.15) is 5.26 Å². The Morgan fingerprint density at radius 1 is 1.19 bits per heavy atom. The topological polar surface area (TPSA) is 36.7 Å². The van der Waals surface area contributed by atoms with Crippen LogP contribution in [0.3, 0.4) is 0 Å². The van der Waals surface area contributed by atoms with E-state index in [0.717, 1.165) is 12.0 Å². The second kappa shape index (κ2) is 4.91. The molecule has 0 saturated heterocycles. The van der Waals surface area contributed by atoms with Crippen molar-refractivity contribution in [1.29, 1.82) is 5.26 Å². The van der Waals surface area contributed by atoms with Crippen molar-refractivity contribution in [3.8, 4) is 6.07 Å². The van der Waals surface area contributed by atoms with Crippen LogP contribution < -0.4 is 0 Å². The number of benzene rings is 1. The van der Waals surface area contributed by atoms with E-state index in [9.17, 15) is 0 Å². The van der Waals surface area contributed by atoms with Gasteiger partial charge in [-0.3, -0.25) is 0 Å². The number of nitrogens with zero attached hydrogens (tertiary/aromatic N) is 2. The van der Waals surface area contributed by atoms with Crippen LogP contribution in [0.15, 0.2) is 47.2 Å². The summed E-state index contributed by atoms with van der Waals surface area (Å²) in [6.07, 6.45) is 2.59. The SMILES string of the molecule is N#Cc1cc(Cc2ccccc2)cnc1Br. The van der Waals surface area contributed by atoms with Crippen LogP contribution in [-0.4, -0.2) is 4.98 Å². The molecular weight excluding hydrogens is 264 g/mol. The molecule has 0 amide bonds. The van der Waals surface area contributed by atoms with Crippen molar-refractivity contribution >= 4 is 15.9 Å². The lowest BCUT2D eigenvalue weighted by atomic mass is 10.1. The zero-order chi connectivity index (χ0) is 11.4. The van der Waals surface area contributed by atoms with E-state index in [2.05, 4.69) is 39.1 Å². The zero-order valence-corrected chi connectivity index (χ0v) is 10.1. The predicted molar refractivity (Wildman–Crippen MR) is 65.9 cm³/mol. The van der Waals surface area contributed by atoms with Gasteiger partial charge in [0, 0.05) is 6.20 Å². The van der Waals surface area contributed by atoms with E-state index < -0.39 is 0 Å². The molecule has 0 bridgehead atoms. The number of pyridine rings is 1. The molecular formula is C13H9BrN2. The van der Waals surface area contributed by atoms with E-state index in [4.69, 9.17) is 5.26 Å². The Bertz CT molecular complexity index is 529. The highest BCUT2D eigenvalue weighted by atomic mass is 79.9. The van der Waals surface area contributed by atoms with Gasteiger partial charge in [0.25, 0.3) is 0 Å². The Morgan fingerprint density at radius 2 is 1.94 bits per heavy atom. The minimum Gasteiger partial charge on any atom is -0.248 e. The van der Waals surface area contributed by atoms with Gasteiger partial charge < -0.3 is 0 Å². The van der Waals surface area contributed by atoms with Crippen molar-refractivity contribution in [3.63, 3.8) is 0 Å². The lowest BCUT2D eigenvalue weighted by Gasteiger charge is -2.02. The highest BCUT2D eigenvalue weighted by Crippen LogP contribution is 2.16. The van der Waals surface area contributed by atoms with Crippen LogP contribution in [0, 0.1) is 11.3 Å². The van der Waals surface area contributed by atoms with Crippen LogP contribution in [-0.2, 0) is 6.42 Å². The van der Waals surface area contributed by atoms with E-state index in [1.54, 1.807) is 6.20 Å². The molecule has 0 unspecified atom stereocenters. The van der Waals surface area contributed by atoms with Crippen LogP contribution in [0.5, 0.6) is 0 Å². The number of nitriles is 1. The summed E-state index contributed by atoms with van der Waals surface area (Å²) in [6, 6.07) is 14.1. The number of aromatic nitrogens is 1. The summed E-state index contributed by atoms with van der Waals surface area (Å²) in [7, 11) is 0. The molecule has 0 fully saturated rings. The van der Waals surface area contributed by atoms with Crippen molar-refractivity contribution < 1.29 is 0 Å². The number of hydrogen-bond donors (Lipinski definition) is 0.